The highest BCUT2D eigenvalue weighted by Crippen LogP contribution is 2.14. The Morgan fingerprint density at radius 2 is 2.00 bits per heavy atom. The SMILES string of the molecule is CC(=O)O.CCCCCC(C)[C@@H](O)OC(=O)n1ccnc1. The molecule has 7 heteroatoms. The summed E-state index contributed by atoms with van der Waals surface area (Å²) in [4.78, 5) is 24.2. The van der Waals surface area contributed by atoms with Crippen LogP contribution in [0.4, 0.5) is 4.79 Å². The minimum absolute atomic E-state index is 0.0472. The quantitative estimate of drug-likeness (QED) is 0.618. The van der Waals surface area contributed by atoms with Gasteiger partial charge in [-0.15, -0.1) is 0 Å². The summed E-state index contributed by atoms with van der Waals surface area (Å²) in [6.45, 7) is 5.09. The van der Waals surface area contributed by atoms with E-state index in [0.717, 1.165) is 32.6 Å². The van der Waals surface area contributed by atoms with Gasteiger partial charge in [0, 0.05) is 25.2 Å². The van der Waals surface area contributed by atoms with Crippen LogP contribution in [0.3, 0.4) is 0 Å². The smallest absolute Gasteiger partial charge is 0.421 e. The summed E-state index contributed by atoms with van der Waals surface area (Å²) in [7, 11) is 0. The third kappa shape index (κ3) is 9.61. The molecule has 0 saturated heterocycles. The molecule has 0 radical (unpaired) electrons. The molecule has 21 heavy (non-hydrogen) atoms. The zero-order valence-corrected chi connectivity index (χ0v) is 12.7. The van der Waals surface area contributed by atoms with E-state index in [0.29, 0.717) is 0 Å². The van der Waals surface area contributed by atoms with E-state index in [1.54, 1.807) is 0 Å². The summed E-state index contributed by atoms with van der Waals surface area (Å²) >= 11 is 0. The molecular formula is C14H24N2O5. The molecule has 1 aromatic rings. The highest BCUT2D eigenvalue weighted by atomic mass is 16.6. The number of carboxylic acids is 1. The van der Waals surface area contributed by atoms with Crippen molar-refractivity contribution in [2.45, 2.75) is 52.7 Å². The van der Waals surface area contributed by atoms with Crippen LogP contribution in [-0.4, -0.2) is 38.1 Å². The number of carbonyl (C=O) groups is 2. The molecule has 0 aromatic carbocycles. The second-order valence-corrected chi connectivity index (χ2v) is 4.74. The Hall–Kier alpha value is -1.89. The lowest BCUT2D eigenvalue weighted by Gasteiger charge is -2.18. The number of imidazole rings is 1. The highest BCUT2D eigenvalue weighted by Gasteiger charge is 2.19. The highest BCUT2D eigenvalue weighted by molar-refractivity contribution is 5.70. The third-order valence-corrected chi connectivity index (χ3v) is 2.69. The van der Waals surface area contributed by atoms with Crippen LogP contribution in [0.2, 0.25) is 0 Å². The van der Waals surface area contributed by atoms with Crippen molar-refractivity contribution in [1.82, 2.24) is 9.55 Å². The van der Waals surface area contributed by atoms with Gasteiger partial charge in [-0.3, -0.25) is 4.79 Å². The van der Waals surface area contributed by atoms with Gasteiger partial charge in [0.15, 0.2) is 0 Å². The zero-order valence-electron chi connectivity index (χ0n) is 12.7. The molecule has 2 atom stereocenters. The first-order chi connectivity index (χ1) is 9.88. The maximum atomic E-state index is 11.5. The van der Waals surface area contributed by atoms with Crippen molar-refractivity contribution in [3.05, 3.63) is 18.7 Å². The largest absolute Gasteiger partial charge is 0.481 e. The summed E-state index contributed by atoms with van der Waals surface area (Å²) < 4.78 is 6.12. The number of carboxylic acid groups (broad SMARTS) is 1. The first kappa shape index (κ1) is 19.1. The molecule has 1 aromatic heterocycles. The van der Waals surface area contributed by atoms with Gasteiger partial charge in [0.1, 0.15) is 6.33 Å². The first-order valence-electron chi connectivity index (χ1n) is 6.95. The molecule has 0 aliphatic rings. The normalized spacial score (nSPS) is 12.8. The van der Waals surface area contributed by atoms with Crippen LogP contribution in [0.25, 0.3) is 0 Å². The average molecular weight is 300 g/mol. The molecule has 0 fully saturated rings. The van der Waals surface area contributed by atoms with Crippen LogP contribution < -0.4 is 0 Å². The molecule has 1 rings (SSSR count). The van der Waals surface area contributed by atoms with Crippen LogP contribution in [0, 0.1) is 5.92 Å². The van der Waals surface area contributed by atoms with Gasteiger partial charge in [-0.05, 0) is 6.42 Å². The van der Waals surface area contributed by atoms with Gasteiger partial charge in [-0.2, -0.15) is 0 Å². The van der Waals surface area contributed by atoms with Gasteiger partial charge >= 0.3 is 6.09 Å². The molecule has 1 heterocycles. The lowest BCUT2D eigenvalue weighted by Crippen LogP contribution is -2.27. The Bertz CT molecular complexity index is 402. The minimum Gasteiger partial charge on any atom is -0.481 e. The van der Waals surface area contributed by atoms with E-state index in [2.05, 4.69) is 11.9 Å². The van der Waals surface area contributed by atoms with Crippen molar-refractivity contribution in [2.75, 3.05) is 0 Å². The molecular weight excluding hydrogens is 276 g/mol. The van der Waals surface area contributed by atoms with Gasteiger partial charge < -0.3 is 14.9 Å². The second-order valence-electron chi connectivity index (χ2n) is 4.74. The van der Waals surface area contributed by atoms with Crippen LogP contribution in [-0.2, 0) is 9.53 Å². The van der Waals surface area contributed by atoms with Crippen molar-refractivity contribution in [2.24, 2.45) is 5.92 Å². The van der Waals surface area contributed by atoms with Crippen LogP contribution in [0.5, 0.6) is 0 Å². The van der Waals surface area contributed by atoms with Gasteiger partial charge in [-0.25, -0.2) is 14.3 Å². The fourth-order valence-electron chi connectivity index (χ4n) is 1.51. The molecule has 7 nitrogen and oxygen atoms in total. The van der Waals surface area contributed by atoms with E-state index < -0.39 is 18.4 Å². The molecule has 1 unspecified atom stereocenters. The van der Waals surface area contributed by atoms with Crippen molar-refractivity contribution in [3.63, 3.8) is 0 Å². The van der Waals surface area contributed by atoms with Crippen molar-refractivity contribution in [1.29, 1.82) is 0 Å². The minimum atomic E-state index is -1.05. The third-order valence-electron chi connectivity index (χ3n) is 2.69. The lowest BCUT2D eigenvalue weighted by atomic mass is 10.0. The number of aliphatic carboxylic acids is 1. The Morgan fingerprint density at radius 3 is 2.48 bits per heavy atom. The first-order valence-corrected chi connectivity index (χ1v) is 6.95. The van der Waals surface area contributed by atoms with E-state index >= 15 is 0 Å². The van der Waals surface area contributed by atoms with Crippen molar-refractivity contribution < 1.29 is 24.5 Å². The summed E-state index contributed by atoms with van der Waals surface area (Å²) in [5, 5.41) is 17.1. The number of aromatic nitrogens is 2. The van der Waals surface area contributed by atoms with Crippen LogP contribution in [0.1, 0.15) is 46.5 Å². The van der Waals surface area contributed by atoms with E-state index in [4.69, 9.17) is 14.6 Å². The summed E-state index contributed by atoms with van der Waals surface area (Å²) in [5.41, 5.74) is 0. The van der Waals surface area contributed by atoms with Crippen molar-refractivity contribution in [3.8, 4) is 0 Å². The maximum Gasteiger partial charge on any atom is 0.421 e. The number of nitrogens with zero attached hydrogens (tertiary/aromatic N) is 2. The topological polar surface area (TPSA) is 102 Å². The number of unbranched alkanes of at least 4 members (excludes halogenated alkanes) is 2. The molecule has 0 bridgehead atoms. The van der Waals surface area contributed by atoms with Gasteiger partial charge in [0.05, 0.1) is 0 Å². The fourth-order valence-corrected chi connectivity index (χ4v) is 1.51. The Morgan fingerprint density at radius 1 is 1.38 bits per heavy atom. The number of aliphatic hydroxyl groups excluding tert-OH is 1. The Kier molecular flexibility index (Phi) is 9.87. The van der Waals surface area contributed by atoms with Crippen molar-refractivity contribution >= 4 is 12.1 Å². The van der Waals surface area contributed by atoms with Gasteiger partial charge in [0.2, 0.25) is 6.29 Å². The summed E-state index contributed by atoms with van der Waals surface area (Å²) in [6, 6.07) is 0. The average Bonchev–Trinajstić information content (AvgIpc) is 2.92. The van der Waals surface area contributed by atoms with E-state index in [1.807, 2.05) is 6.92 Å². The van der Waals surface area contributed by atoms with E-state index in [-0.39, 0.29) is 5.92 Å². The molecule has 0 saturated carbocycles. The molecule has 0 aliphatic carbocycles. The standard InChI is InChI=1S/C12H20N2O3.C2H4O2/c1-3-4-5-6-10(2)11(15)17-12(16)14-8-7-13-9-14;1-2(3)4/h7-11,15H,3-6H2,1-2H3;1H3,(H,3,4)/t10?,11-;/m0./s1. The molecule has 0 aliphatic heterocycles. The van der Waals surface area contributed by atoms with Crippen LogP contribution in [0.15, 0.2) is 18.7 Å². The summed E-state index contributed by atoms with van der Waals surface area (Å²) in [5.74, 6) is -0.881. The predicted molar refractivity (Wildman–Crippen MR) is 76.7 cm³/mol. The lowest BCUT2D eigenvalue weighted by molar-refractivity contribution is -0.134. The van der Waals surface area contributed by atoms with Gasteiger partial charge in [-0.1, -0.05) is 33.1 Å². The van der Waals surface area contributed by atoms with E-state index in [1.165, 1.54) is 23.3 Å². The van der Waals surface area contributed by atoms with Gasteiger partial charge in [0.25, 0.3) is 5.97 Å². The number of ether oxygens (including phenoxy) is 1. The number of rotatable bonds is 6. The number of hydrogen-bond acceptors (Lipinski definition) is 5. The fraction of sp³-hybridized carbons (Fsp3) is 0.643. The molecule has 0 amide bonds. The number of aliphatic hydroxyl groups is 1. The number of hydrogen-bond donors (Lipinski definition) is 2. The van der Waals surface area contributed by atoms with Crippen LogP contribution >= 0.6 is 0 Å². The zero-order chi connectivity index (χ0) is 16.3. The Labute approximate surface area is 124 Å². The molecule has 2 N–H and O–H groups in total. The maximum absolute atomic E-state index is 11.5. The summed E-state index contributed by atoms with van der Waals surface area (Å²) in [6.07, 6.45) is 6.82. The number of carbonyl (C=O) groups excluding carboxylic acids is 1. The monoisotopic (exact) mass is 300 g/mol. The second kappa shape index (κ2) is 10.8. The molecule has 120 valence electrons. The Balaban J connectivity index is 0.000000885. The van der Waals surface area contributed by atoms with E-state index in [9.17, 15) is 9.90 Å². The predicted octanol–water partition coefficient (Wildman–Crippen LogP) is 2.49. The molecule has 0 spiro atoms.